The molecule has 0 unspecified atom stereocenters. The average Bonchev–Trinajstić information content (AvgIpc) is 3.88. The fraction of sp³-hybridized carbons (Fsp3) is 0.0154. The first-order chi connectivity index (χ1) is 33.2. The summed E-state index contributed by atoms with van der Waals surface area (Å²) in [7, 11) is 0. The van der Waals surface area contributed by atoms with Crippen LogP contribution in [0.3, 0.4) is 0 Å². The molecule has 11 aromatic carbocycles. The molecule has 1 heterocycles. The van der Waals surface area contributed by atoms with Crippen molar-refractivity contribution >= 4 is 32.3 Å². The molecule has 0 bridgehead atoms. The standard InChI is InChI=1S/C65H40N2/c1-3-17-41(18-4-1)61-40-62(67-64(66-61)42-19-5-2-6-20-42)46-22-15-21-45(37-46)47-28-16-29-53-48-23-7-8-24-49(48)55-38-43(33-35-54(55)63(47)53)44-34-36-60-56(39-44)52-27-11-14-32-59(52)65(60)57-30-12-9-25-50(57)51-26-10-13-31-58(51)65/h1-40H. The molecule has 0 fully saturated rings. The Labute approximate surface area is 389 Å². The lowest BCUT2D eigenvalue weighted by molar-refractivity contribution is 0.794. The monoisotopic (exact) mass is 848 g/mol. The van der Waals surface area contributed by atoms with Gasteiger partial charge >= 0.3 is 0 Å². The molecule has 2 heteroatoms. The van der Waals surface area contributed by atoms with E-state index in [2.05, 4.69) is 218 Å². The number of nitrogens with zero attached hydrogens (tertiary/aromatic N) is 2. The molecule has 310 valence electrons. The minimum absolute atomic E-state index is 0.355. The molecular weight excluding hydrogens is 809 g/mol. The fourth-order valence-corrected chi connectivity index (χ4v) is 11.6. The highest BCUT2D eigenvalue weighted by atomic mass is 14.9. The molecule has 2 aliphatic carbocycles. The van der Waals surface area contributed by atoms with E-state index < -0.39 is 0 Å². The Morgan fingerprint density at radius 1 is 0.239 bits per heavy atom. The van der Waals surface area contributed by atoms with Gasteiger partial charge in [-0.1, -0.05) is 218 Å². The van der Waals surface area contributed by atoms with Gasteiger partial charge in [0.2, 0.25) is 0 Å². The SMILES string of the molecule is c1ccc(-c2cc(-c3cccc(-c4cccc5c6ccccc6c6cc(-c7ccc8c(c7)-c7ccccc7C87c8ccccc8-c8ccccc87)ccc6c45)c3)nc(-c3ccccc3)n2)cc1. The Balaban J connectivity index is 0.934. The molecular formula is C65H40N2. The molecule has 14 rings (SSSR count). The molecule has 0 N–H and O–H groups in total. The second-order valence-corrected chi connectivity index (χ2v) is 18.0. The fourth-order valence-electron chi connectivity index (χ4n) is 11.6. The van der Waals surface area contributed by atoms with E-state index in [-0.39, 0.29) is 5.41 Å². The van der Waals surface area contributed by atoms with Crippen LogP contribution in [0.15, 0.2) is 243 Å². The Kier molecular flexibility index (Phi) is 8.23. The summed E-state index contributed by atoms with van der Waals surface area (Å²) in [5, 5.41) is 7.49. The Hall–Kier alpha value is -8.72. The van der Waals surface area contributed by atoms with Gasteiger partial charge in [0.05, 0.1) is 16.8 Å². The lowest BCUT2D eigenvalue weighted by Gasteiger charge is -2.30. The van der Waals surface area contributed by atoms with Crippen molar-refractivity contribution < 1.29 is 0 Å². The van der Waals surface area contributed by atoms with Crippen molar-refractivity contribution in [3.63, 3.8) is 0 Å². The lowest BCUT2D eigenvalue weighted by Crippen LogP contribution is -2.25. The number of hydrogen-bond donors (Lipinski definition) is 0. The van der Waals surface area contributed by atoms with Gasteiger partial charge in [-0.3, -0.25) is 0 Å². The molecule has 0 aliphatic heterocycles. The first kappa shape index (κ1) is 37.6. The van der Waals surface area contributed by atoms with Crippen molar-refractivity contribution in [3.05, 3.63) is 265 Å². The van der Waals surface area contributed by atoms with Crippen LogP contribution in [0.4, 0.5) is 0 Å². The summed E-state index contributed by atoms with van der Waals surface area (Å²) in [5.41, 5.74) is 20.0. The first-order valence-electron chi connectivity index (χ1n) is 23.1. The number of hydrogen-bond acceptors (Lipinski definition) is 2. The quantitative estimate of drug-likeness (QED) is 0.161. The summed E-state index contributed by atoms with van der Waals surface area (Å²) in [6, 6.07) is 88.8. The zero-order valence-electron chi connectivity index (χ0n) is 36.5. The maximum absolute atomic E-state index is 5.19. The second-order valence-electron chi connectivity index (χ2n) is 18.0. The van der Waals surface area contributed by atoms with Crippen molar-refractivity contribution in [2.24, 2.45) is 0 Å². The minimum atomic E-state index is -0.355. The van der Waals surface area contributed by atoms with Crippen LogP contribution in [-0.2, 0) is 5.41 Å². The van der Waals surface area contributed by atoms with E-state index >= 15 is 0 Å². The molecule has 0 saturated heterocycles. The van der Waals surface area contributed by atoms with E-state index in [0.29, 0.717) is 5.82 Å². The van der Waals surface area contributed by atoms with Crippen LogP contribution in [-0.4, -0.2) is 9.97 Å². The topological polar surface area (TPSA) is 25.8 Å². The van der Waals surface area contributed by atoms with E-state index in [9.17, 15) is 0 Å². The van der Waals surface area contributed by atoms with Crippen LogP contribution in [0.2, 0.25) is 0 Å². The molecule has 0 saturated carbocycles. The van der Waals surface area contributed by atoms with Gasteiger partial charge < -0.3 is 0 Å². The van der Waals surface area contributed by atoms with Gasteiger partial charge in [-0.05, 0) is 123 Å². The molecule has 0 atom stereocenters. The maximum atomic E-state index is 5.19. The zero-order valence-corrected chi connectivity index (χ0v) is 36.5. The van der Waals surface area contributed by atoms with Crippen LogP contribution in [0.25, 0.3) is 111 Å². The highest BCUT2D eigenvalue weighted by molar-refractivity contribution is 6.29. The predicted molar refractivity (Wildman–Crippen MR) is 278 cm³/mol. The highest BCUT2D eigenvalue weighted by Gasteiger charge is 2.51. The van der Waals surface area contributed by atoms with E-state index in [0.717, 1.165) is 33.6 Å². The van der Waals surface area contributed by atoms with Crippen molar-refractivity contribution in [3.8, 4) is 78.4 Å². The van der Waals surface area contributed by atoms with Crippen LogP contribution in [0.5, 0.6) is 0 Å². The summed E-state index contributed by atoms with van der Waals surface area (Å²) < 4.78 is 0. The predicted octanol–water partition coefficient (Wildman–Crippen LogP) is 16.6. The van der Waals surface area contributed by atoms with Crippen molar-refractivity contribution in [1.82, 2.24) is 9.97 Å². The third-order valence-electron chi connectivity index (χ3n) is 14.5. The molecule has 67 heavy (non-hydrogen) atoms. The van der Waals surface area contributed by atoms with Gasteiger partial charge in [0.15, 0.2) is 5.82 Å². The number of rotatable bonds is 5. The Morgan fingerprint density at radius 3 is 1.40 bits per heavy atom. The minimum Gasteiger partial charge on any atom is -0.228 e. The third-order valence-corrected chi connectivity index (χ3v) is 14.5. The van der Waals surface area contributed by atoms with Gasteiger partial charge in [-0.2, -0.15) is 0 Å². The van der Waals surface area contributed by atoms with E-state index in [1.807, 2.05) is 24.3 Å². The molecule has 0 radical (unpaired) electrons. The normalized spacial score (nSPS) is 12.9. The van der Waals surface area contributed by atoms with Gasteiger partial charge in [0, 0.05) is 16.7 Å². The van der Waals surface area contributed by atoms with Crippen LogP contribution in [0, 0.1) is 0 Å². The number of fused-ring (bicyclic) bond motifs is 16. The summed E-state index contributed by atoms with van der Waals surface area (Å²) in [5.74, 6) is 0.710. The van der Waals surface area contributed by atoms with E-state index in [1.54, 1.807) is 0 Å². The molecule has 0 amide bonds. The third kappa shape index (κ3) is 5.57. The summed E-state index contributed by atoms with van der Waals surface area (Å²) >= 11 is 0. The Morgan fingerprint density at radius 2 is 0.701 bits per heavy atom. The largest absolute Gasteiger partial charge is 0.228 e. The average molecular weight is 849 g/mol. The second kappa shape index (κ2) is 14.7. The molecule has 1 aromatic heterocycles. The number of aromatic nitrogens is 2. The van der Waals surface area contributed by atoms with Crippen LogP contribution < -0.4 is 0 Å². The van der Waals surface area contributed by atoms with Gasteiger partial charge in [0.1, 0.15) is 0 Å². The van der Waals surface area contributed by atoms with Gasteiger partial charge in [0.25, 0.3) is 0 Å². The zero-order chi connectivity index (χ0) is 44.1. The maximum Gasteiger partial charge on any atom is 0.160 e. The summed E-state index contributed by atoms with van der Waals surface area (Å²) in [6.45, 7) is 0. The van der Waals surface area contributed by atoms with Crippen molar-refractivity contribution in [2.75, 3.05) is 0 Å². The van der Waals surface area contributed by atoms with Crippen LogP contribution in [0.1, 0.15) is 22.3 Å². The molecule has 2 nitrogen and oxygen atoms in total. The summed E-state index contributed by atoms with van der Waals surface area (Å²) in [6.07, 6.45) is 0. The van der Waals surface area contributed by atoms with E-state index in [4.69, 9.17) is 9.97 Å². The molecule has 2 aliphatic rings. The highest BCUT2D eigenvalue weighted by Crippen LogP contribution is 2.63. The first-order valence-corrected chi connectivity index (χ1v) is 23.1. The van der Waals surface area contributed by atoms with E-state index in [1.165, 1.54) is 93.5 Å². The molecule has 12 aromatic rings. The Bertz CT molecular complexity index is 3880. The number of benzene rings is 11. The van der Waals surface area contributed by atoms with Crippen molar-refractivity contribution in [1.29, 1.82) is 0 Å². The van der Waals surface area contributed by atoms with Gasteiger partial charge in [-0.15, -0.1) is 0 Å². The lowest BCUT2D eigenvalue weighted by atomic mass is 9.70. The summed E-state index contributed by atoms with van der Waals surface area (Å²) in [4.78, 5) is 10.3. The van der Waals surface area contributed by atoms with Crippen molar-refractivity contribution in [2.45, 2.75) is 5.41 Å². The van der Waals surface area contributed by atoms with Crippen LogP contribution >= 0.6 is 0 Å². The smallest absolute Gasteiger partial charge is 0.160 e. The molecule has 1 spiro atoms. The van der Waals surface area contributed by atoms with Gasteiger partial charge in [-0.25, -0.2) is 9.97 Å².